The van der Waals surface area contributed by atoms with Crippen molar-refractivity contribution in [3.8, 4) is 0 Å². The van der Waals surface area contributed by atoms with Gasteiger partial charge >= 0.3 is 0 Å². The van der Waals surface area contributed by atoms with Gasteiger partial charge in [0, 0.05) is 63.3 Å². The van der Waals surface area contributed by atoms with Crippen LogP contribution in [0.2, 0.25) is 0 Å². The Morgan fingerprint density at radius 3 is 2.43 bits per heavy atom. The summed E-state index contributed by atoms with van der Waals surface area (Å²) in [6, 6.07) is 3.51. The normalized spacial score (nSPS) is 16.3. The third-order valence-electron chi connectivity index (χ3n) is 5.24. The fourth-order valence-electron chi connectivity index (χ4n) is 3.52. The molecule has 1 N–H and O–H groups in total. The number of rotatable bonds is 6. The van der Waals surface area contributed by atoms with E-state index in [2.05, 4.69) is 29.5 Å². The Balaban J connectivity index is 1.61. The van der Waals surface area contributed by atoms with E-state index in [1.165, 1.54) is 29.7 Å². The highest BCUT2D eigenvalue weighted by molar-refractivity contribution is 7.09. The van der Waals surface area contributed by atoms with Crippen LogP contribution in [-0.2, 0) is 6.42 Å². The molecule has 2 heterocycles. The van der Waals surface area contributed by atoms with Crippen molar-refractivity contribution in [2.75, 3.05) is 58.8 Å². The maximum absolute atomic E-state index is 14.3. The van der Waals surface area contributed by atoms with Crippen molar-refractivity contribution in [2.24, 2.45) is 4.99 Å². The zero-order valence-corrected chi connectivity index (χ0v) is 18.7. The third kappa shape index (κ3) is 5.04. The van der Waals surface area contributed by atoms with Crippen molar-refractivity contribution in [2.45, 2.75) is 19.4 Å². The molecule has 0 bridgehead atoms. The molecular weight excluding hydrogens is 408 g/mol. The van der Waals surface area contributed by atoms with E-state index < -0.39 is 17.7 Å². The molecular formula is C20H29F2N7S. The van der Waals surface area contributed by atoms with E-state index in [0.29, 0.717) is 6.54 Å². The molecule has 1 aliphatic heterocycles. The van der Waals surface area contributed by atoms with Gasteiger partial charge in [0.1, 0.15) is 17.5 Å². The number of aryl methyl sites for hydroxylation is 1. The second-order valence-corrected chi connectivity index (χ2v) is 8.09. The Kier molecular flexibility index (Phi) is 7.54. The minimum Gasteiger partial charge on any atom is -0.354 e. The molecule has 1 fully saturated rings. The first kappa shape index (κ1) is 22.4. The fraction of sp³-hybridized carbons (Fsp3) is 0.550. The average molecular weight is 438 g/mol. The smallest absolute Gasteiger partial charge is 0.205 e. The highest BCUT2D eigenvalue weighted by Gasteiger charge is 2.25. The Hall–Kier alpha value is -2.33. The lowest BCUT2D eigenvalue weighted by Gasteiger charge is -2.37. The Morgan fingerprint density at radius 1 is 1.23 bits per heavy atom. The number of likely N-dealkylation sites (N-methyl/N-ethyl adjacent to an activating group) is 1. The van der Waals surface area contributed by atoms with Gasteiger partial charge in [0.2, 0.25) is 5.13 Å². The first-order chi connectivity index (χ1) is 14.4. The molecule has 7 nitrogen and oxygen atoms in total. The number of nitrogens with one attached hydrogen (secondary N) is 1. The SMILES string of the molecule is CCc1nsc(N2CCN(C(=NC)NCC(c3c(F)cccc3F)N(C)C)CC2)n1. The molecule has 0 spiro atoms. The van der Waals surface area contributed by atoms with Gasteiger partial charge in [0.15, 0.2) is 5.96 Å². The van der Waals surface area contributed by atoms with Crippen LogP contribution in [-0.4, -0.2) is 79.0 Å². The van der Waals surface area contributed by atoms with Gasteiger partial charge in [-0.25, -0.2) is 13.8 Å². The van der Waals surface area contributed by atoms with E-state index in [0.717, 1.165) is 49.5 Å². The Labute approximate surface area is 180 Å². The highest BCUT2D eigenvalue weighted by Crippen LogP contribution is 2.24. The second-order valence-electron chi connectivity index (χ2n) is 7.36. The monoisotopic (exact) mass is 437 g/mol. The van der Waals surface area contributed by atoms with E-state index >= 15 is 0 Å². The lowest BCUT2D eigenvalue weighted by molar-refractivity contribution is 0.278. The lowest BCUT2D eigenvalue weighted by Crippen LogP contribution is -2.53. The van der Waals surface area contributed by atoms with Crippen LogP contribution in [0.4, 0.5) is 13.9 Å². The molecule has 1 aliphatic rings. The zero-order chi connectivity index (χ0) is 21.7. The summed E-state index contributed by atoms with van der Waals surface area (Å²) in [6.45, 7) is 5.58. The van der Waals surface area contributed by atoms with Gasteiger partial charge in [-0.3, -0.25) is 4.99 Å². The number of aliphatic imine (C=N–C) groups is 1. The summed E-state index contributed by atoms with van der Waals surface area (Å²) in [5.74, 6) is 0.528. The van der Waals surface area contributed by atoms with Gasteiger partial charge in [-0.2, -0.15) is 4.37 Å². The van der Waals surface area contributed by atoms with Gasteiger partial charge < -0.3 is 20.0 Å². The van der Waals surface area contributed by atoms with Gasteiger partial charge in [-0.05, 0) is 26.2 Å². The minimum absolute atomic E-state index is 0.0678. The minimum atomic E-state index is -0.539. The largest absolute Gasteiger partial charge is 0.354 e. The molecule has 1 saturated heterocycles. The molecule has 0 amide bonds. The van der Waals surface area contributed by atoms with Crippen molar-refractivity contribution in [1.29, 1.82) is 0 Å². The van der Waals surface area contributed by atoms with Crippen LogP contribution in [0.15, 0.2) is 23.2 Å². The van der Waals surface area contributed by atoms with E-state index in [1.807, 2.05) is 21.0 Å². The number of benzene rings is 1. The molecule has 3 rings (SSSR count). The molecule has 0 radical (unpaired) electrons. The molecule has 0 saturated carbocycles. The fourth-order valence-corrected chi connectivity index (χ4v) is 4.32. The molecule has 1 atom stereocenters. The van der Waals surface area contributed by atoms with E-state index in [-0.39, 0.29) is 5.56 Å². The molecule has 164 valence electrons. The summed E-state index contributed by atoms with van der Waals surface area (Å²) in [4.78, 5) is 15.1. The number of anilines is 1. The van der Waals surface area contributed by atoms with Crippen molar-refractivity contribution in [3.63, 3.8) is 0 Å². The average Bonchev–Trinajstić information content (AvgIpc) is 3.22. The van der Waals surface area contributed by atoms with Crippen LogP contribution >= 0.6 is 11.5 Å². The summed E-state index contributed by atoms with van der Waals surface area (Å²) in [7, 11) is 5.35. The highest BCUT2D eigenvalue weighted by atomic mass is 32.1. The maximum Gasteiger partial charge on any atom is 0.205 e. The van der Waals surface area contributed by atoms with Crippen molar-refractivity contribution >= 4 is 22.6 Å². The Morgan fingerprint density at radius 2 is 1.90 bits per heavy atom. The van der Waals surface area contributed by atoms with Crippen LogP contribution in [0, 0.1) is 11.6 Å². The zero-order valence-electron chi connectivity index (χ0n) is 17.9. The second kappa shape index (κ2) is 10.1. The van der Waals surface area contributed by atoms with Gasteiger partial charge in [-0.15, -0.1) is 0 Å². The van der Waals surface area contributed by atoms with Crippen molar-refractivity contribution < 1.29 is 8.78 Å². The number of nitrogens with zero attached hydrogens (tertiary/aromatic N) is 6. The van der Waals surface area contributed by atoms with Crippen LogP contribution < -0.4 is 10.2 Å². The van der Waals surface area contributed by atoms with Gasteiger partial charge in [0.25, 0.3) is 0 Å². The van der Waals surface area contributed by atoms with Crippen LogP contribution in [0.25, 0.3) is 0 Å². The predicted molar refractivity (Wildman–Crippen MR) is 117 cm³/mol. The molecule has 1 aromatic heterocycles. The topological polar surface area (TPSA) is 59.9 Å². The molecule has 30 heavy (non-hydrogen) atoms. The van der Waals surface area contributed by atoms with Crippen LogP contribution in [0.1, 0.15) is 24.4 Å². The van der Waals surface area contributed by atoms with Crippen molar-refractivity contribution in [3.05, 3.63) is 41.2 Å². The van der Waals surface area contributed by atoms with E-state index in [9.17, 15) is 8.78 Å². The predicted octanol–water partition coefficient (Wildman–Crippen LogP) is 2.38. The summed E-state index contributed by atoms with van der Waals surface area (Å²) in [5, 5.41) is 4.25. The first-order valence-corrected chi connectivity index (χ1v) is 10.8. The summed E-state index contributed by atoms with van der Waals surface area (Å²) < 4.78 is 33.0. The number of piperazine rings is 1. The maximum atomic E-state index is 14.3. The number of guanidine groups is 1. The molecule has 1 unspecified atom stereocenters. The summed E-state index contributed by atoms with van der Waals surface area (Å²) in [6.07, 6.45) is 0.836. The standard InChI is InChI=1S/C20H29F2N7S/c1-5-17-25-20(30-26-17)29-11-9-28(10-12-29)19(23-2)24-13-16(27(3)4)18-14(21)7-6-8-15(18)22/h6-8,16H,5,9-13H2,1-4H3,(H,23,24). The third-order valence-corrected chi connectivity index (χ3v) is 6.06. The van der Waals surface area contributed by atoms with Crippen molar-refractivity contribution in [1.82, 2.24) is 24.5 Å². The molecule has 10 heteroatoms. The quantitative estimate of drug-likeness (QED) is 0.553. The number of aromatic nitrogens is 2. The lowest BCUT2D eigenvalue weighted by atomic mass is 10.0. The summed E-state index contributed by atoms with van der Waals surface area (Å²) in [5.41, 5.74) is 0.0678. The molecule has 2 aromatic rings. The van der Waals surface area contributed by atoms with E-state index in [1.54, 1.807) is 11.9 Å². The van der Waals surface area contributed by atoms with E-state index in [4.69, 9.17) is 0 Å². The number of hydrogen-bond acceptors (Lipinski definition) is 6. The molecule has 1 aromatic carbocycles. The Bertz CT molecular complexity index is 842. The summed E-state index contributed by atoms with van der Waals surface area (Å²) >= 11 is 1.44. The van der Waals surface area contributed by atoms with Crippen LogP contribution in [0.3, 0.4) is 0 Å². The van der Waals surface area contributed by atoms with Crippen LogP contribution in [0.5, 0.6) is 0 Å². The first-order valence-electron chi connectivity index (χ1n) is 10.1. The number of halogens is 2. The number of hydrogen-bond donors (Lipinski definition) is 1. The van der Waals surface area contributed by atoms with Gasteiger partial charge in [-0.1, -0.05) is 13.0 Å². The molecule has 0 aliphatic carbocycles. The van der Waals surface area contributed by atoms with Gasteiger partial charge in [0.05, 0.1) is 6.04 Å².